The van der Waals surface area contributed by atoms with Crippen LogP contribution in [0.4, 0.5) is 13.2 Å². The van der Waals surface area contributed by atoms with Gasteiger partial charge in [0, 0.05) is 10.0 Å². The van der Waals surface area contributed by atoms with Crippen LogP contribution in [0.3, 0.4) is 0 Å². The van der Waals surface area contributed by atoms with Gasteiger partial charge in [0.2, 0.25) is 5.91 Å². The molecule has 7 heteroatoms. The number of alkyl halides is 3. The Labute approximate surface area is 106 Å². The third kappa shape index (κ3) is 5.79. The van der Waals surface area contributed by atoms with Crippen LogP contribution in [0.2, 0.25) is 10.0 Å². The lowest BCUT2D eigenvalue weighted by Crippen LogP contribution is -2.34. The predicted octanol–water partition coefficient (Wildman–Crippen LogP) is 3.21. The molecule has 0 heterocycles. The summed E-state index contributed by atoms with van der Waals surface area (Å²) in [4.78, 5) is 11.2. The maximum Gasteiger partial charge on any atom is 0.405 e. The Morgan fingerprint density at radius 3 is 2.18 bits per heavy atom. The van der Waals surface area contributed by atoms with Gasteiger partial charge in [-0.3, -0.25) is 4.79 Å². The molecule has 0 saturated carbocycles. The van der Waals surface area contributed by atoms with Crippen molar-refractivity contribution < 1.29 is 18.0 Å². The molecule has 0 spiro atoms. The van der Waals surface area contributed by atoms with Crippen molar-refractivity contribution in [1.82, 2.24) is 5.32 Å². The molecule has 0 bridgehead atoms. The molecule has 0 atom stereocenters. The van der Waals surface area contributed by atoms with Gasteiger partial charge < -0.3 is 5.32 Å². The summed E-state index contributed by atoms with van der Waals surface area (Å²) in [6.07, 6.45) is -4.61. The van der Waals surface area contributed by atoms with E-state index in [0.717, 1.165) is 0 Å². The molecule has 1 aromatic rings. The van der Waals surface area contributed by atoms with Gasteiger partial charge in [-0.15, -0.1) is 0 Å². The van der Waals surface area contributed by atoms with Gasteiger partial charge in [-0.25, -0.2) is 0 Å². The maximum atomic E-state index is 11.8. The van der Waals surface area contributed by atoms with E-state index >= 15 is 0 Å². The molecule has 0 fully saturated rings. The van der Waals surface area contributed by atoms with E-state index in [4.69, 9.17) is 23.2 Å². The Morgan fingerprint density at radius 1 is 1.18 bits per heavy atom. The number of nitrogens with one attached hydrogen (secondary N) is 1. The monoisotopic (exact) mass is 285 g/mol. The highest BCUT2D eigenvalue weighted by molar-refractivity contribution is 6.34. The zero-order valence-corrected chi connectivity index (χ0v) is 9.96. The van der Waals surface area contributed by atoms with Crippen LogP contribution in [0.15, 0.2) is 18.2 Å². The Hall–Kier alpha value is -0.940. The Bertz CT molecular complexity index is 400. The molecule has 0 aliphatic rings. The molecule has 1 amide bonds. The summed E-state index contributed by atoms with van der Waals surface area (Å²) in [6, 6.07) is 4.42. The molecule has 1 N–H and O–H groups in total. The molecule has 0 unspecified atom stereocenters. The quantitative estimate of drug-likeness (QED) is 0.908. The van der Waals surface area contributed by atoms with Crippen molar-refractivity contribution in [1.29, 1.82) is 0 Å². The standard InChI is InChI=1S/C10H8Cl2F3NO/c11-7-1-6(2-8(12)4-7)3-9(17)16-5-10(13,14)15/h1-2,4H,3,5H2,(H,16,17). The van der Waals surface area contributed by atoms with E-state index in [1.54, 1.807) is 5.32 Å². The van der Waals surface area contributed by atoms with Gasteiger partial charge in [-0.2, -0.15) is 13.2 Å². The first kappa shape index (κ1) is 14.1. The number of hydrogen-bond donors (Lipinski definition) is 1. The van der Waals surface area contributed by atoms with Gasteiger partial charge in [0.25, 0.3) is 0 Å². The Morgan fingerprint density at radius 2 is 1.71 bits per heavy atom. The van der Waals surface area contributed by atoms with Crippen molar-refractivity contribution in [3.8, 4) is 0 Å². The van der Waals surface area contributed by atoms with Crippen LogP contribution < -0.4 is 5.32 Å². The van der Waals surface area contributed by atoms with Crippen molar-refractivity contribution in [2.45, 2.75) is 12.6 Å². The largest absolute Gasteiger partial charge is 0.405 e. The fourth-order valence-corrected chi connectivity index (χ4v) is 1.73. The van der Waals surface area contributed by atoms with Gasteiger partial charge in [0.15, 0.2) is 0 Å². The normalized spacial score (nSPS) is 11.4. The number of halogens is 5. The van der Waals surface area contributed by atoms with E-state index in [0.29, 0.717) is 15.6 Å². The summed E-state index contributed by atoms with van der Waals surface area (Å²) >= 11 is 11.4. The molecular formula is C10H8Cl2F3NO. The third-order valence-corrected chi connectivity index (χ3v) is 2.21. The van der Waals surface area contributed by atoms with E-state index in [-0.39, 0.29) is 6.42 Å². The van der Waals surface area contributed by atoms with E-state index in [1.165, 1.54) is 18.2 Å². The van der Waals surface area contributed by atoms with Crippen LogP contribution in [-0.2, 0) is 11.2 Å². The van der Waals surface area contributed by atoms with Crippen molar-refractivity contribution in [2.75, 3.05) is 6.54 Å². The average Bonchev–Trinajstić information content (AvgIpc) is 2.11. The third-order valence-electron chi connectivity index (χ3n) is 1.77. The van der Waals surface area contributed by atoms with Crippen LogP contribution in [0.5, 0.6) is 0 Å². The lowest BCUT2D eigenvalue weighted by molar-refractivity contribution is -0.138. The fourth-order valence-electron chi connectivity index (χ4n) is 1.16. The summed E-state index contributed by atoms with van der Waals surface area (Å²) in [7, 11) is 0. The topological polar surface area (TPSA) is 29.1 Å². The lowest BCUT2D eigenvalue weighted by atomic mass is 10.1. The zero-order chi connectivity index (χ0) is 13.1. The molecule has 0 aromatic heterocycles. The second-order valence-corrected chi connectivity index (χ2v) is 4.22. The van der Waals surface area contributed by atoms with Gasteiger partial charge >= 0.3 is 6.18 Å². The Kier molecular flexibility index (Phi) is 4.65. The SMILES string of the molecule is O=C(Cc1cc(Cl)cc(Cl)c1)NCC(F)(F)F. The first-order chi connectivity index (χ1) is 7.76. The van der Waals surface area contributed by atoms with E-state index < -0.39 is 18.6 Å². The van der Waals surface area contributed by atoms with Crippen LogP contribution in [0, 0.1) is 0 Å². The molecule has 2 nitrogen and oxygen atoms in total. The van der Waals surface area contributed by atoms with Gasteiger partial charge in [-0.05, 0) is 23.8 Å². The zero-order valence-electron chi connectivity index (χ0n) is 8.44. The van der Waals surface area contributed by atoms with Crippen molar-refractivity contribution >= 4 is 29.1 Å². The molecular weight excluding hydrogens is 278 g/mol. The molecule has 0 saturated heterocycles. The highest BCUT2D eigenvalue weighted by Gasteiger charge is 2.27. The lowest BCUT2D eigenvalue weighted by Gasteiger charge is -2.08. The molecule has 1 rings (SSSR count). The van der Waals surface area contributed by atoms with Crippen molar-refractivity contribution in [3.05, 3.63) is 33.8 Å². The van der Waals surface area contributed by atoms with E-state index in [2.05, 4.69) is 0 Å². The second-order valence-electron chi connectivity index (χ2n) is 3.35. The highest BCUT2D eigenvalue weighted by Crippen LogP contribution is 2.19. The van der Waals surface area contributed by atoms with E-state index in [9.17, 15) is 18.0 Å². The van der Waals surface area contributed by atoms with Crippen LogP contribution in [-0.4, -0.2) is 18.6 Å². The highest BCUT2D eigenvalue weighted by atomic mass is 35.5. The summed E-state index contributed by atoms with van der Waals surface area (Å²) in [5.74, 6) is -0.736. The Balaban J connectivity index is 2.56. The number of rotatable bonds is 3. The summed E-state index contributed by atoms with van der Waals surface area (Å²) in [5.41, 5.74) is 0.460. The smallest absolute Gasteiger partial charge is 0.347 e. The minimum absolute atomic E-state index is 0.198. The van der Waals surface area contributed by atoms with Gasteiger partial charge in [0.1, 0.15) is 6.54 Å². The number of carbonyl (C=O) groups excluding carboxylic acids is 1. The predicted molar refractivity (Wildman–Crippen MR) is 59.2 cm³/mol. The minimum atomic E-state index is -4.42. The summed E-state index contributed by atoms with van der Waals surface area (Å²) in [5, 5.41) is 2.42. The number of hydrogen-bond acceptors (Lipinski definition) is 1. The van der Waals surface area contributed by atoms with Gasteiger partial charge in [0.05, 0.1) is 6.42 Å². The first-order valence-electron chi connectivity index (χ1n) is 4.55. The molecule has 0 radical (unpaired) electrons. The molecule has 0 aliphatic carbocycles. The number of benzene rings is 1. The maximum absolute atomic E-state index is 11.8. The summed E-state index contributed by atoms with van der Waals surface area (Å²) < 4.78 is 35.5. The summed E-state index contributed by atoms with van der Waals surface area (Å²) in [6.45, 7) is -1.35. The molecule has 17 heavy (non-hydrogen) atoms. The van der Waals surface area contributed by atoms with Crippen LogP contribution >= 0.6 is 23.2 Å². The van der Waals surface area contributed by atoms with Crippen LogP contribution in [0.25, 0.3) is 0 Å². The molecule has 0 aliphatic heterocycles. The van der Waals surface area contributed by atoms with Gasteiger partial charge in [-0.1, -0.05) is 23.2 Å². The first-order valence-corrected chi connectivity index (χ1v) is 5.30. The second kappa shape index (κ2) is 5.60. The number of carbonyl (C=O) groups is 1. The fraction of sp³-hybridized carbons (Fsp3) is 0.300. The van der Waals surface area contributed by atoms with Crippen molar-refractivity contribution in [3.63, 3.8) is 0 Å². The van der Waals surface area contributed by atoms with Crippen LogP contribution in [0.1, 0.15) is 5.56 Å². The number of amides is 1. The molecule has 1 aromatic carbocycles. The average molecular weight is 286 g/mol. The molecule has 94 valence electrons. The van der Waals surface area contributed by atoms with Crippen molar-refractivity contribution in [2.24, 2.45) is 0 Å². The van der Waals surface area contributed by atoms with E-state index in [1.807, 2.05) is 0 Å². The minimum Gasteiger partial charge on any atom is -0.347 e.